The van der Waals surface area contributed by atoms with Crippen molar-refractivity contribution in [2.75, 3.05) is 9.80 Å². The largest absolute Gasteiger partial charge is 0.310 e. The lowest BCUT2D eigenvalue weighted by Crippen LogP contribution is -2.17. The molecule has 6 heteroatoms. The van der Waals surface area contributed by atoms with Crippen LogP contribution in [-0.4, -0.2) is 18.3 Å². The summed E-state index contributed by atoms with van der Waals surface area (Å²) in [5.74, 6) is 0. The first-order valence-electron chi connectivity index (χ1n) is 36.8. The zero-order valence-electron chi connectivity index (χ0n) is 61.6. The van der Waals surface area contributed by atoms with Crippen molar-refractivity contribution in [2.45, 2.75) is 105 Å². The Morgan fingerprint density at radius 3 is 0.875 bits per heavy atom. The van der Waals surface area contributed by atoms with Crippen molar-refractivity contribution >= 4 is 132 Å². The van der Waals surface area contributed by atoms with Crippen molar-refractivity contribution in [3.05, 3.63) is 326 Å². The Morgan fingerprint density at radius 1 is 0.202 bits per heavy atom. The molecular formula is C98H86N6. The Bertz CT molecular complexity index is 5980. The molecule has 0 aliphatic carbocycles. The third kappa shape index (κ3) is 10.6. The predicted octanol–water partition coefficient (Wildman–Crippen LogP) is 27.4. The summed E-state index contributed by atoms with van der Waals surface area (Å²) in [5.41, 5.74) is 25.5. The lowest BCUT2D eigenvalue weighted by molar-refractivity contribution is 0.567. The molecule has 0 amide bonds. The highest BCUT2D eigenvalue weighted by atomic mass is 15.2. The maximum atomic E-state index is 2.51. The first kappa shape index (κ1) is 64.3. The van der Waals surface area contributed by atoms with Crippen molar-refractivity contribution < 1.29 is 0 Å². The van der Waals surface area contributed by atoms with Crippen LogP contribution in [-0.2, 0) is 21.7 Å². The summed E-state index contributed by atoms with van der Waals surface area (Å²) in [6.45, 7) is 27.9. The molecule has 4 aromatic heterocycles. The zero-order chi connectivity index (χ0) is 71.3. The van der Waals surface area contributed by atoms with Crippen molar-refractivity contribution in [2.24, 2.45) is 0 Å². The van der Waals surface area contributed by atoms with E-state index in [1.165, 1.54) is 110 Å². The van der Waals surface area contributed by atoms with Gasteiger partial charge in [-0.2, -0.15) is 0 Å². The van der Waals surface area contributed by atoms with E-state index in [1.807, 2.05) is 0 Å². The minimum absolute atomic E-state index is 0.0473. The van der Waals surface area contributed by atoms with E-state index in [1.54, 1.807) is 0 Å². The summed E-state index contributed by atoms with van der Waals surface area (Å²) in [4.78, 5) is 4.96. The highest BCUT2D eigenvalue weighted by molar-refractivity contribution is 6.22. The molecule has 0 bridgehead atoms. The Kier molecular flexibility index (Phi) is 14.7. The average molecular weight is 1350 g/mol. The summed E-state index contributed by atoms with van der Waals surface area (Å²) >= 11 is 0. The van der Waals surface area contributed by atoms with Crippen LogP contribution in [0.4, 0.5) is 34.1 Å². The molecule has 0 atom stereocenters. The van der Waals surface area contributed by atoms with Gasteiger partial charge in [0.2, 0.25) is 0 Å². The quantitative estimate of drug-likeness (QED) is 0.136. The molecule has 18 rings (SSSR count). The fraction of sp³-hybridized carbons (Fsp3) is 0.163. The lowest BCUT2D eigenvalue weighted by Gasteiger charge is -2.27. The van der Waals surface area contributed by atoms with Crippen LogP contribution in [0.2, 0.25) is 0 Å². The van der Waals surface area contributed by atoms with E-state index < -0.39 is 0 Å². The van der Waals surface area contributed by atoms with E-state index in [9.17, 15) is 0 Å². The van der Waals surface area contributed by atoms with Gasteiger partial charge in [-0.25, -0.2) is 0 Å². The standard InChI is InChI=1S/C98H86N6/c1-95(2,3)65-55-66(96(4,5)6)58-75(57-65)103-83-41-27-25-39-79(83)93-85(43-29-45-87(93)103)99(69-31-17-13-18-32-69)73-47-49-77-81-51-63-52-82-78-50-48-74(62-92(78)102(72-37-23-16-24-38-72)90(82)54-64(63)53-89(81)101(91(77)61-73)71-35-21-15-22-36-71)100(70-33-19-14-20-34-70)86-44-30-46-88-94(86)80-40-26-28-42-84(80)104(88)76-59-67(97(7,8)9)56-68(60-76)98(10,11)12/h13-62H,1-12H3. The van der Waals surface area contributed by atoms with Gasteiger partial charge >= 0.3 is 0 Å². The molecular weight excluding hydrogens is 1260 g/mol. The van der Waals surface area contributed by atoms with Crippen LogP contribution in [0.5, 0.6) is 0 Å². The van der Waals surface area contributed by atoms with E-state index in [2.05, 4.69) is 414 Å². The summed E-state index contributed by atoms with van der Waals surface area (Å²) in [6.07, 6.45) is 0. The summed E-state index contributed by atoms with van der Waals surface area (Å²) in [5, 5.41) is 12.0. The molecule has 0 radical (unpaired) electrons. The molecule has 0 N–H and O–H groups in total. The molecule has 0 saturated heterocycles. The van der Waals surface area contributed by atoms with E-state index in [0.29, 0.717) is 0 Å². The second kappa shape index (κ2) is 23.9. The Morgan fingerprint density at radius 2 is 0.510 bits per heavy atom. The number of benzene rings is 14. The molecule has 14 aromatic carbocycles. The fourth-order valence-corrected chi connectivity index (χ4v) is 16.4. The SMILES string of the molecule is CC(C)(C)c1cc(-n2c3ccccc3c3c(N(c4ccccc4)c4ccc5c6cc7cc8c9ccc(N(c%10ccccc%10)c%10cccc%11c%10c%10ccccc%10n%11-c%10cc(C(C)(C)C)cc(C(C)(C)C)c%10)cc9n(-c9ccccc9)c8cc7cc6n(-c6ccccc6)c5c4)cccc32)cc(C(C)(C)C)c1. The zero-order valence-corrected chi connectivity index (χ0v) is 61.6. The smallest absolute Gasteiger partial charge is 0.0562 e. The summed E-state index contributed by atoms with van der Waals surface area (Å²) in [6, 6.07) is 114. The van der Waals surface area contributed by atoms with E-state index in [-0.39, 0.29) is 21.7 Å². The lowest BCUT2D eigenvalue weighted by atomic mass is 9.80. The van der Waals surface area contributed by atoms with Gasteiger partial charge in [-0.05, 0) is 212 Å². The maximum absolute atomic E-state index is 2.51. The van der Waals surface area contributed by atoms with E-state index >= 15 is 0 Å². The van der Waals surface area contributed by atoms with Crippen LogP contribution in [0, 0.1) is 0 Å². The third-order valence-corrected chi connectivity index (χ3v) is 21.8. The van der Waals surface area contributed by atoms with Crippen LogP contribution >= 0.6 is 0 Å². The fourth-order valence-electron chi connectivity index (χ4n) is 16.4. The molecule has 0 unspecified atom stereocenters. The maximum Gasteiger partial charge on any atom is 0.0562 e. The number of anilines is 6. The molecule has 0 spiro atoms. The monoisotopic (exact) mass is 1350 g/mol. The van der Waals surface area contributed by atoms with Crippen molar-refractivity contribution in [1.29, 1.82) is 0 Å². The number of hydrogen-bond acceptors (Lipinski definition) is 2. The number of fused-ring (bicyclic) bond motifs is 13. The van der Waals surface area contributed by atoms with E-state index in [0.717, 1.165) is 67.6 Å². The van der Waals surface area contributed by atoms with Gasteiger partial charge in [0.1, 0.15) is 0 Å². The molecule has 18 aromatic rings. The number of hydrogen-bond donors (Lipinski definition) is 0. The van der Waals surface area contributed by atoms with Gasteiger partial charge in [0.15, 0.2) is 0 Å². The Hall–Kier alpha value is -11.9. The topological polar surface area (TPSA) is 26.2 Å². The second-order valence-electron chi connectivity index (χ2n) is 32.8. The van der Waals surface area contributed by atoms with Crippen molar-refractivity contribution in [1.82, 2.24) is 18.3 Å². The molecule has 0 aliphatic heterocycles. The molecule has 0 fully saturated rings. The van der Waals surface area contributed by atoms with Gasteiger partial charge in [-0.3, -0.25) is 0 Å². The van der Waals surface area contributed by atoms with Crippen LogP contribution in [0.3, 0.4) is 0 Å². The average Bonchev–Trinajstić information content (AvgIpc) is 1.57. The Balaban J connectivity index is 0.829. The minimum atomic E-state index is -0.0473. The predicted molar refractivity (Wildman–Crippen MR) is 445 cm³/mol. The second-order valence-corrected chi connectivity index (χ2v) is 32.8. The van der Waals surface area contributed by atoms with Gasteiger partial charge < -0.3 is 28.1 Å². The number of para-hydroxylation sites is 6. The van der Waals surface area contributed by atoms with Crippen LogP contribution < -0.4 is 9.80 Å². The van der Waals surface area contributed by atoms with Gasteiger partial charge in [-0.15, -0.1) is 0 Å². The first-order valence-corrected chi connectivity index (χ1v) is 36.8. The molecule has 0 aliphatic rings. The van der Waals surface area contributed by atoms with E-state index in [4.69, 9.17) is 0 Å². The molecule has 6 nitrogen and oxygen atoms in total. The number of rotatable bonds is 10. The first-order chi connectivity index (χ1) is 50.1. The van der Waals surface area contributed by atoms with Gasteiger partial charge in [-0.1, -0.05) is 229 Å². The number of aromatic nitrogens is 4. The van der Waals surface area contributed by atoms with Gasteiger partial charge in [0.25, 0.3) is 0 Å². The van der Waals surface area contributed by atoms with Gasteiger partial charge in [0, 0.05) is 88.6 Å². The van der Waals surface area contributed by atoms with Crippen molar-refractivity contribution in [3.63, 3.8) is 0 Å². The van der Waals surface area contributed by atoms with Crippen LogP contribution in [0.25, 0.3) is 121 Å². The minimum Gasteiger partial charge on any atom is -0.310 e. The molecule has 104 heavy (non-hydrogen) atoms. The highest BCUT2D eigenvalue weighted by Crippen LogP contribution is 2.50. The third-order valence-electron chi connectivity index (χ3n) is 21.8. The summed E-state index contributed by atoms with van der Waals surface area (Å²) in [7, 11) is 0. The molecule has 0 saturated carbocycles. The van der Waals surface area contributed by atoms with Crippen LogP contribution in [0.1, 0.15) is 105 Å². The molecule has 508 valence electrons. The molecule has 4 heterocycles. The van der Waals surface area contributed by atoms with Crippen molar-refractivity contribution in [3.8, 4) is 22.7 Å². The summed E-state index contributed by atoms with van der Waals surface area (Å²) < 4.78 is 9.99. The Labute approximate surface area is 609 Å². The van der Waals surface area contributed by atoms with Crippen LogP contribution in [0.15, 0.2) is 303 Å². The highest BCUT2D eigenvalue weighted by Gasteiger charge is 2.30. The number of nitrogens with zero attached hydrogens (tertiary/aromatic N) is 6. The van der Waals surface area contributed by atoms with Gasteiger partial charge in [0.05, 0.1) is 55.5 Å². The normalized spacial score (nSPS) is 12.6.